The summed E-state index contributed by atoms with van der Waals surface area (Å²) in [5, 5.41) is 0. The number of benzene rings is 1. The van der Waals surface area contributed by atoms with Gasteiger partial charge in [-0.3, -0.25) is 9.71 Å². The highest BCUT2D eigenvalue weighted by Crippen LogP contribution is 2.27. The quantitative estimate of drug-likeness (QED) is 0.825. The van der Waals surface area contributed by atoms with Crippen molar-refractivity contribution in [2.75, 3.05) is 10.5 Å². The van der Waals surface area contributed by atoms with E-state index >= 15 is 0 Å². The summed E-state index contributed by atoms with van der Waals surface area (Å²) in [7, 11) is -4.08. The Morgan fingerprint density at radius 2 is 2.00 bits per heavy atom. The molecule has 0 amide bonds. The van der Waals surface area contributed by atoms with Crippen molar-refractivity contribution in [3.8, 4) is 0 Å². The fourth-order valence-corrected chi connectivity index (χ4v) is 3.38. The highest BCUT2D eigenvalue weighted by Gasteiger charge is 2.22. The molecule has 8 heteroatoms. The summed E-state index contributed by atoms with van der Waals surface area (Å²) < 4.78 is 40.5. The van der Waals surface area contributed by atoms with Gasteiger partial charge in [0.2, 0.25) is 0 Å². The summed E-state index contributed by atoms with van der Waals surface area (Å²) in [6.45, 7) is 1.77. The average Bonchev–Trinajstić information content (AvgIpc) is 2.33. The van der Waals surface area contributed by atoms with Crippen LogP contribution in [0, 0.1) is 12.7 Å². The van der Waals surface area contributed by atoms with Crippen LogP contribution in [0.2, 0.25) is 0 Å². The van der Waals surface area contributed by atoms with Gasteiger partial charge in [0.25, 0.3) is 10.0 Å². The smallest absolute Gasteiger partial charge is 0.264 e. The third-order valence-corrected chi connectivity index (χ3v) is 4.39. The number of nitrogen functional groups attached to an aromatic ring is 1. The number of rotatable bonds is 3. The van der Waals surface area contributed by atoms with Gasteiger partial charge in [0, 0.05) is 11.9 Å². The normalized spacial score (nSPS) is 11.3. The summed E-state index contributed by atoms with van der Waals surface area (Å²) in [5.41, 5.74) is 6.71. The zero-order chi connectivity index (χ0) is 14.9. The van der Waals surface area contributed by atoms with Crippen molar-refractivity contribution >= 4 is 37.3 Å². The van der Waals surface area contributed by atoms with Gasteiger partial charge in [-0.2, -0.15) is 0 Å². The summed E-state index contributed by atoms with van der Waals surface area (Å²) >= 11 is 2.93. The lowest BCUT2D eigenvalue weighted by atomic mass is 10.3. The topological polar surface area (TPSA) is 85.1 Å². The molecule has 106 valence electrons. The summed E-state index contributed by atoms with van der Waals surface area (Å²) in [4.78, 5) is 3.34. The molecule has 2 aromatic rings. The number of nitrogens with one attached hydrogen (secondary N) is 1. The first-order valence-electron chi connectivity index (χ1n) is 5.48. The van der Waals surface area contributed by atoms with Crippen LogP contribution in [0.4, 0.5) is 15.8 Å². The Morgan fingerprint density at radius 3 is 2.65 bits per heavy atom. The van der Waals surface area contributed by atoms with Crippen LogP contribution in [0.3, 0.4) is 0 Å². The van der Waals surface area contributed by atoms with E-state index < -0.39 is 20.7 Å². The molecule has 0 saturated heterocycles. The van der Waals surface area contributed by atoms with Crippen molar-refractivity contribution in [2.24, 2.45) is 0 Å². The zero-order valence-electron chi connectivity index (χ0n) is 10.4. The Kier molecular flexibility index (Phi) is 3.96. The summed E-state index contributed by atoms with van der Waals surface area (Å²) in [6, 6.07) is 3.94. The molecule has 0 spiro atoms. The number of hydrogen-bond acceptors (Lipinski definition) is 4. The standard InChI is InChI=1S/C12H11BrFN3O2S/c1-7-2-9(6-16-5-7)17-20(18,19)11-4-8(15)3-10(13)12(11)14/h2-6,17H,15H2,1H3. The number of aromatic nitrogens is 1. The number of nitrogens with two attached hydrogens (primary N) is 1. The van der Waals surface area contributed by atoms with E-state index in [1.165, 1.54) is 12.3 Å². The van der Waals surface area contributed by atoms with Gasteiger partial charge in [-0.15, -0.1) is 0 Å². The van der Waals surface area contributed by atoms with Crippen molar-refractivity contribution in [3.05, 3.63) is 46.4 Å². The van der Waals surface area contributed by atoms with Crippen LogP contribution < -0.4 is 10.5 Å². The number of halogens is 2. The molecule has 0 unspecified atom stereocenters. The number of hydrogen-bond donors (Lipinski definition) is 2. The van der Waals surface area contributed by atoms with Crippen LogP contribution in [0.25, 0.3) is 0 Å². The first-order chi connectivity index (χ1) is 9.29. The summed E-state index contributed by atoms with van der Waals surface area (Å²) in [6.07, 6.45) is 2.92. The molecule has 0 atom stereocenters. The van der Waals surface area contributed by atoms with Crippen molar-refractivity contribution < 1.29 is 12.8 Å². The minimum atomic E-state index is -4.08. The maximum absolute atomic E-state index is 13.9. The van der Waals surface area contributed by atoms with Crippen molar-refractivity contribution in [1.82, 2.24) is 4.98 Å². The van der Waals surface area contributed by atoms with Gasteiger partial charge in [0.05, 0.1) is 16.4 Å². The average molecular weight is 360 g/mol. The Labute approximate surface area is 124 Å². The fourth-order valence-electron chi connectivity index (χ4n) is 1.60. The molecule has 1 aromatic carbocycles. The second-order valence-corrected chi connectivity index (χ2v) is 6.68. The number of nitrogens with zero attached hydrogens (tertiary/aromatic N) is 1. The van der Waals surface area contributed by atoms with Crippen LogP contribution in [-0.4, -0.2) is 13.4 Å². The molecule has 0 aliphatic rings. The molecule has 0 bridgehead atoms. The molecule has 5 nitrogen and oxygen atoms in total. The molecule has 1 aromatic heterocycles. The van der Waals surface area contributed by atoms with E-state index in [1.54, 1.807) is 19.2 Å². The molecule has 2 rings (SSSR count). The highest BCUT2D eigenvalue weighted by molar-refractivity contribution is 9.10. The van der Waals surface area contributed by atoms with E-state index in [0.717, 1.165) is 11.6 Å². The molecule has 0 saturated carbocycles. The maximum atomic E-state index is 13.9. The van der Waals surface area contributed by atoms with Gasteiger partial charge in [-0.05, 0) is 46.6 Å². The van der Waals surface area contributed by atoms with E-state index in [1.807, 2.05) is 0 Å². The van der Waals surface area contributed by atoms with Crippen molar-refractivity contribution in [2.45, 2.75) is 11.8 Å². The van der Waals surface area contributed by atoms with Crippen LogP contribution >= 0.6 is 15.9 Å². The third kappa shape index (κ3) is 3.07. The third-order valence-electron chi connectivity index (χ3n) is 2.43. The molecule has 1 heterocycles. The lowest BCUT2D eigenvalue weighted by molar-refractivity contribution is 0.567. The first kappa shape index (κ1) is 14.7. The second-order valence-electron chi connectivity index (χ2n) is 4.17. The number of pyridine rings is 1. The molecule has 0 aliphatic heterocycles. The lowest BCUT2D eigenvalue weighted by Gasteiger charge is -2.10. The highest BCUT2D eigenvalue weighted by atomic mass is 79.9. The van der Waals surface area contributed by atoms with Crippen LogP contribution in [0.15, 0.2) is 40.0 Å². The van der Waals surface area contributed by atoms with Crippen molar-refractivity contribution in [3.63, 3.8) is 0 Å². The van der Waals surface area contributed by atoms with Gasteiger partial charge in [0.1, 0.15) is 4.90 Å². The Morgan fingerprint density at radius 1 is 1.30 bits per heavy atom. The molecule has 0 aliphatic carbocycles. The molecule has 3 N–H and O–H groups in total. The lowest BCUT2D eigenvalue weighted by Crippen LogP contribution is -2.15. The predicted octanol–water partition coefficient (Wildman–Crippen LogP) is 2.67. The monoisotopic (exact) mass is 359 g/mol. The largest absolute Gasteiger partial charge is 0.399 e. The van der Waals surface area contributed by atoms with E-state index in [2.05, 4.69) is 25.6 Å². The molecule has 0 fully saturated rings. The molecular formula is C12H11BrFN3O2S. The molecular weight excluding hydrogens is 349 g/mol. The van der Waals surface area contributed by atoms with Gasteiger partial charge in [0.15, 0.2) is 5.82 Å². The maximum Gasteiger partial charge on any atom is 0.264 e. The minimum absolute atomic E-state index is 0.0137. The minimum Gasteiger partial charge on any atom is -0.399 e. The van der Waals surface area contributed by atoms with Crippen molar-refractivity contribution in [1.29, 1.82) is 0 Å². The van der Waals surface area contributed by atoms with Crippen LogP contribution in [0.1, 0.15) is 5.56 Å². The predicted molar refractivity (Wildman–Crippen MR) is 78.3 cm³/mol. The molecule has 20 heavy (non-hydrogen) atoms. The Balaban J connectivity index is 2.46. The fraction of sp³-hybridized carbons (Fsp3) is 0.0833. The number of anilines is 2. The first-order valence-corrected chi connectivity index (χ1v) is 7.76. The Bertz CT molecular complexity index is 765. The van der Waals surface area contributed by atoms with E-state index in [0.29, 0.717) is 0 Å². The Hall–Kier alpha value is -1.67. The van der Waals surface area contributed by atoms with Gasteiger partial charge in [-0.1, -0.05) is 0 Å². The van der Waals surface area contributed by atoms with E-state index in [4.69, 9.17) is 5.73 Å². The van der Waals surface area contributed by atoms with Crippen LogP contribution in [0.5, 0.6) is 0 Å². The van der Waals surface area contributed by atoms with Crippen LogP contribution in [-0.2, 0) is 10.0 Å². The number of sulfonamides is 1. The van der Waals surface area contributed by atoms with Gasteiger partial charge >= 0.3 is 0 Å². The second kappa shape index (κ2) is 5.37. The van der Waals surface area contributed by atoms with Gasteiger partial charge < -0.3 is 5.73 Å². The number of aryl methyl sites for hydroxylation is 1. The zero-order valence-corrected chi connectivity index (χ0v) is 12.8. The van der Waals surface area contributed by atoms with E-state index in [-0.39, 0.29) is 15.8 Å². The SMILES string of the molecule is Cc1cncc(NS(=O)(=O)c2cc(N)cc(Br)c2F)c1. The molecule has 0 radical (unpaired) electrons. The van der Waals surface area contributed by atoms with Gasteiger partial charge in [-0.25, -0.2) is 12.8 Å². The summed E-state index contributed by atoms with van der Waals surface area (Å²) in [5.74, 6) is -0.896. The van der Waals surface area contributed by atoms with E-state index in [9.17, 15) is 12.8 Å².